The quantitative estimate of drug-likeness (QED) is 0.897. The van der Waals surface area contributed by atoms with E-state index in [0.29, 0.717) is 11.3 Å². The van der Waals surface area contributed by atoms with Crippen LogP contribution in [-0.2, 0) is 11.3 Å². The van der Waals surface area contributed by atoms with Crippen LogP contribution in [0.5, 0.6) is 0 Å². The molecule has 0 saturated carbocycles. The highest BCUT2D eigenvalue weighted by Crippen LogP contribution is 2.25. The second-order valence-corrected chi connectivity index (χ2v) is 6.21. The molecule has 21 heavy (non-hydrogen) atoms. The summed E-state index contributed by atoms with van der Waals surface area (Å²) in [6, 6.07) is 7.01. The Bertz CT molecular complexity index is 537. The van der Waals surface area contributed by atoms with E-state index in [0.717, 1.165) is 38.3 Å². The van der Waals surface area contributed by atoms with Crippen LogP contribution >= 0.6 is 0 Å². The van der Waals surface area contributed by atoms with Crippen molar-refractivity contribution in [1.82, 2.24) is 9.80 Å². The molecule has 0 aliphatic carbocycles. The van der Waals surface area contributed by atoms with Gasteiger partial charge in [-0.3, -0.25) is 9.69 Å². The topological polar surface area (TPSA) is 60.9 Å². The average Bonchev–Trinajstić information content (AvgIpc) is 2.42. The summed E-state index contributed by atoms with van der Waals surface area (Å²) < 4.78 is 0. The van der Waals surface area contributed by atoms with E-state index in [-0.39, 0.29) is 11.8 Å². The first-order chi connectivity index (χ1) is 10.0. The lowest BCUT2D eigenvalue weighted by Gasteiger charge is -2.43. The van der Waals surface area contributed by atoms with Gasteiger partial charge in [0.25, 0.3) is 0 Å². The molecule has 1 N–H and O–H groups in total. The molecule has 0 radical (unpaired) electrons. The minimum Gasteiger partial charge on any atom is -0.478 e. The first-order valence-electron chi connectivity index (χ1n) is 7.30. The number of aromatic carboxylic acids is 1. The van der Waals surface area contributed by atoms with E-state index in [2.05, 4.69) is 16.8 Å². The number of hydrogen-bond acceptors (Lipinski definition) is 4. The van der Waals surface area contributed by atoms with Crippen LogP contribution in [0.25, 0.3) is 0 Å². The maximum Gasteiger partial charge on any atom is 0.335 e. The molecule has 0 spiro atoms. The Morgan fingerprint density at radius 3 is 2.24 bits per heavy atom. The number of carboxylic acid groups (broad SMARTS) is 1. The maximum atomic E-state index is 12.2. The third-order valence-corrected chi connectivity index (χ3v) is 4.43. The molecule has 2 bridgehead atoms. The minimum absolute atomic E-state index is 0.126. The predicted molar refractivity (Wildman–Crippen MR) is 78.2 cm³/mol. The molecule has 3 rings (SSSR count). The molecule has 5 heteroatoms. The number of ketones is 1. The summed E-state index contributed by atoms with van der Waals surface area (Å²) in [7, 11) is 2.08. The van der Waals surface area contributed by atoms with Gasteiger partial charge in [0.2, 0.25) is 0 Å². The Morgan fingerprint density at radius 1 is 1.14 bits per heavy atom. The lowest BCUT2D eigenvalue weighted by molar-refractivity contribution is -0.137. The van der Waals surface area contributed by atoms with E-state index < -0.39 is 5.97 Å². The number of benzene rings is 1. The maximum absolute atomic E-state index is 12.2. The number of carbonyl (C=O) groups is 2. The van der Waals surface area contributed by atoms with E-state index in [1.54, 1.807) is 12.1 Å². The van der Waals surface area contributed by atoms with Crippen LogP contribution in [0, 0.1) is 11.8 Å². The van der Waals surface area contributed by atoms with Gasteiger partial charge in [-0.1, -0.05) is 12.1 Å². The molecule has 2 saturated heterocycles. The van der Waals surface area contributed by atoms with Crippen molar-refractivity contribution < 1.29 is 14.7 Å². The molecule has 0 aromatic heterocycles. The van der Waals surface area contributed by atoms with Gasteiger partial charge in [-0.05, 0) is 24.7 Å². The van der Waals surface area contributed by atoms with Crippen LogP contribution in [0.4, 0.5) is 0 Å². The number of rotatable bonds is 3. The monoisotopic (exact) mass is 288 g/mol. The van der Waals surface area contributed by atoms with E-state index in [1.165, 1.54) is 0 Å². The Morgan fingerprint density at radius 2 is 1.71 bits per heavy atom. The largest absolute Gasteiger partial charge is 0.478 e. The molecule has 2 atom stereocenters. The molecule has 2 fully saturated rings. The third kappa shape index (κ3) is 2.99. The number of fused-ring (bicyclic) bond motifs is 2. The fraction of sp³-hybridized carbons (Fsp3) is 0.500. The van der Waals surface area contributed by atoms with Crippen LogP contribution in [0.15, 0.2) is 24.3 Å². The standard InChI is InChI=1S/C16H20N2O3/c1-17-7-13-9-18(10-14(8-17)15(13)19)6-11-2-4-12(5-3-11)16(20)21/h2-5,13-14H,6-10H2,1H3,(H,20,21). The molecule has 2 heterocycles. The highest BCUT2D eigenvalue weighted by atomic mass is 16.4. The van der Waals surface area contributed by atoms with Gasteiger partial charge in [-0.15, -0.1) is 0 Å². The second kappa shape index (κ2) is 5.58. The van der Waals surface area contributed by atoms with Crippen LogP contribution in [0.2, 0.25) is 0 Å². The summed E-state index contributed by atoms with van der Waals surface area (Å²) in [5.41, 5.74) is 1.41. The van der Waals surface area contributed by atoms with Crippen molar-refractivity contribution in [2.24, 2.45) is 11.8 Å². The molecule has 2 aliphatic rings. The molecular formula is C16H20N2O3. The van der Waals surface area contributed by atoms with Gasteiger partial charge in [-0.25, -0.2) is 4.79 Å². The summed E-state index contributed by atoms with van der Waals surface area (Å²) in [6.45, 7) is 4.10. The number of hydrogen-bond donors (Lipinski definition) is 1. The van der Waals surface area contributed by atoms with E-state index >= 15 is 0 Å². The van der Waals surface area contributed by atoms with Crippen molar-refractivity contribution in [3.8, 4) is 0 Å². The Labute approximate surface area is 124 Å². The molecule has 1 aromatic carbocycles. The third-order valence-electron chi connectivity index (χ3n) is 4.43. The van der Waals surface area contributed by atoms with Crippen molar-refractivity contribution in [2.45, 2.75) is 6.54 Å². The van der Waals surface area contributed by atoms with E-state index in [9.17, 15) is 9.59 Å². The minimum atomic E-state index is -0.900. The van der Waals surface area contributed by atoms with Gasteiger partial charge in [0.05, 0.1) is 5.56 Å². The molecule has 112 valence electrons. The average molecular weight is 288 g/mol. The molecule has 5 nitrogen and oxygen atoms in total. The molecular weight excluding hydrogens is 268 g/mol. The zero-order valence-electron chi connectivity index (χ0n) is 12.2. The van der Waals surface area contributed by atoms with Crippen molar-refractivity contribution in [1.29, 1.82) is 0 Å². The fourth-order valence-corrected chi connectivity index (χ4v) is 3.47. The summed E-state index contributed by atoms with van der Waals surface area (Å²) in [5.74, 6) is -0.227. The van der Waals surface area contributed by atoms with Crippen LogP contribution in [0.1, 0.15) is 15.9 Å². The van der Waals surface area contributed by atoms with Gasteiger partial charge in [0.15, 0.2) is 0 Å². The zero-order valence-corrected chi connectivity index (χ0v) is 12.2. The molecule has 2 aliphatic heterocycles. The summed E-state index contributed by atoms with van der Waals surface area (Å²) in [4.78, 5) is 27.6. The second-order valence-electron chi connectivity index (χ2n) is 6.21. The number of Topliss-reactive ketones (excluding diaryl/α,β-unsaturated/α-hetero) is 1. The van der Waals surface area contributed by atoms with Crippen molar-refractivity contribution in [2.75, 3.05) is 33.2 Å². The van der Waals surface area contributed by atoms with Crippen molar-refractivity contribution in [3.05, 3.63) is 35.4 Å². The van der Waals surface area contributed by atoms with Gasteiger partial charge < -0.3 is 10.0 Å². The van der Waals surface area contributed by atoms with Gasteiger partial charge in [0.1, 0.15) is 5.78 Å². The van der Waals surface area contributed by atoms with Gasteiger partial charge >= 0.3 is 5.97 Å². The van der Waals surface area contributed by atoms with Crippen LogP contribution in [0.3, 0.4) is 0 Å². The Balaban J connectivity index is 1.66. The van der Waals surface area contributed by atoms with E-state index in [1.807, 2.05) is 12.1 Å². The smallest absolute Gasteiger partial charge is 0.335 e. The summed E-state index contributed by atoms with van der Waals surface area (Å²) >= 11 is 0. The first kappa shape index (κ1) is 14.2. The number of nitrogens with zero attached hydrogens (tertiary/aromatic N) is 2. The Hall–Kier alpha value is -1.72. The van der Waals surface area contributed by atoms with E-state index in [4.69, 9.17) is 5.11 Å². The first-order valence-corrected chi connectivity index (χ1v) is 7.30. The van der Waals surface area contributed by atoms with Crippen molar-refractivity contribution in [3.63, 3.8) is 0 Å². The van der Waals surface area contributed by atoms with Crippen LogP contribution in [-0.4, -0.2) is 59.9 Å². The number of piperidine rings is 2. The van der Waals surface area contributed by atoms with Crippen molar-refractivity contribution >= 4 is 11.8 Å². The highest BCUT2D eigenvalue weighted by molar-refractivity contribution is 5.87. The normalized spacial score (nSPS) is 26.8. The summed E-state index contributed by atoms with van der Waals surface area (Å²) in [6.07, 6.45) is 0. The fourth-order valence-electron chi connectivity index (χ4n) is 3.47. The number of carboxylic acids is 1. The highest BCUT2D eigenvalue weighted by Gasteiger charge is 2.39. The summed E-state index contributed by atoms with van der Waals surface area (Å²) in [5, 5.41) is 8.91. The van der Waals surface area contributed by atoms with Gasteiger partial charge in [0, 0.05) is 44.6 Å². The Kier molecular flexibility index (Phi) is 3.78. The SMILES string of the molecule is CN1CC2CN(Cc3ccc(C(=O)O)cc3)CC(C1)C2=O. The number of carbonyl (C=O) groups excluding carboxylic acids is 1. The van der Waals surface area contributed by atoms with Crippen LogP contribution < -0.4 is 0 Å². The lowest BCUT2D eigenvalue weighted by atomic mass is 9.83. The molecule has 2 unspecified atom stereocenters. The molecule has 1 aromatic rings. The van der Waals surface area contributed by atoms with Gasteiger partial charge in [-0.2, -0.15) is 0 Å². The zero-order chi connectivity index (χ0) is 15.0. The predicted octanol–water partition coefficient (Wildman–Crippen LogP) is 0.947. The number of likely N-dealkylation sites (tertiary alicyclic amines) is 2. The molecule has 0 amide bonds. The lowest BCUT2D eigenvalue weighted by Crippen LogP contribution is -2.56.